The first-order chi connectivity index (χ1) is 9.65. The lowest BCUT2D eigenvalue weighted by atomic mass is 10.1. The molecule has 0 aliphatic carbocycles. The van der Waals surface area contributed by atoms with Crippen LogP contribution in [-0.4, -0.2) is 49.6 Å². The van der Waals surface area contributed by atoms with Crippen molar-refractivity contribution < 1.29 is 14.3 Å². The first-order valence-electron chi connectivity index (χ1n) is 6.52. The Labute approximate surface area is 126 Å². The van der Waals surface area contributed by atoms with Gasteiger partial charge in [0.05, 0.1) is 13.0 Å². The van der Waals surface area contributed by atoms with Gasteiger partial charge < -0.3 is 15.0 Å². The molecule has 1 aliphatic rings. The summed E-state index contributed by atoms with van der Waals surface area (Å²) < 4.78 is 6.04. The Bertz CT molecular complexity index is 476. The predicted molar refractivity (Wildman–Crippen MR) is 78.3 cm³/mol. The molecule has 1 saturated heterocycles. The quantitative estimate of drug-likeness (QED) is 0.868. The molecule has 0 radical (unpaired) electrons. The van der Waals surface area contributed by atoms with Crippen molar-refractivity contribution in [3.05, 3.63) is 34.3 Å². The Balaban J connectivity index is 1.69. The van der Waals surface area contributed by atoms with E-state index in [-0.39, 0.29) is 18.4 Å². The highest BCUT2D eigenvalue weighted by Gasteiger charge is 2.17. The van der Waals surface area contributed by atoms with E-state index in [9.17, 15) is 9.59 Å². The molecule has 0 atom stereocenters. The van der Waals surface area contributed by atoms with E-state index in [1.54, 1.807) is 4.90 Å². The van der Waals surface area contributed by atoms with Crippen LogP contribution in [0.15, 0.2) is 28.7 Å². The second kappa shape index (κ2) is 7.40. The Morgan fingerprint density at radius 1 is 1.35 bits per heavy atom. The number of halogens is 1. The fourth-order valence-corrected chi connectivity index (χ4v) is 2.23. The normalized spacial score (nSPS) is 15.2. The molecule has 1 aromatic carbocycles. The molecule has 2 rings (SSSR count). The summed E-state index contributed by atoms with van der Waals surface area (Å²) in [6.07, 6.45) is 0.352. The van der Waals surface area contributed by atoms with Crippen LogP contribution in [0.25, 0.3) is 0 Å². The van der Waals surface area contributed by atoms with E-state index in [4.69, 9.17) is 4.74 Å². The molecule has 0 aromatic heterocycles. The van der Waals surface area contributed by atoms with Crippen molar-refractivity contribution in [2.75, 3.05) is 32.8 Å². The van der Waals surface area contributed by atoms with Crippen molar-refractivity contribution in [2.24, 2.45) is 0 Å². The summed E-state index contributed by atoms with van der Waals surface area (Å²) in [5.41, 5.74) is 0.966. The van der Waals surface area contributed by atoms with Gasteiger partial charge in [-0.3, -0.25) is 9.59 Å². The molecule has 0 saturated carbocycles. The molecule has 1 aliphatic heterocycles. The Morgan fingerprint density at radius 3 is 2.80 bits per heavy atom. The van der Waals surface area contributed by atoms with Crippen molar-refractivity contribution in [2.45, 2.75) is 6.42 Å². The van der Waals surface area contributed by atoms with Crippen LogP contribution in [0.1, 0.15) is 5.56 Å². The maximum atomic E-state index is 11.8. The third-order valence-corrected chi connectivity index (χ3v) is 3.59. The summed E-state index contributed by atoms with van der Waals surface area (Å²) in [6, 6.07) is 7.65. The lowest BCUT2D eigenvalue weighted by Gasteiger charge is -2.26. The van der Waals surface area contributed by atoms with Gasteiger partial charge in [0.2, 0.25) is 11.8 Å². The molecule has 0 spiro atoms. The van der Waals surface area contributed by atoms with Gasteiger partial charge in [0.1, 0.15) is 6.61 Å². The largest absolute Gasteiger partial charge is 0.370 e. The monoisotopic (exact) mass is 340 g/mol. The molecule has 2 amide bonds. The van der Waals surface area contributed by atoms with Crippen LogP contribution < -0.4 is 5.32 Å². The summed E-state index contributed by atoms with van der Waals surface area (Å²) >= 11 is 3.36. The summed E-state index contributed by atoms with van der Waals surface area (Å²) in [7, 11) is 0. The lowest BCUT2D eigenvalue weighted by molar-refractivity contribution is -0.142. The van der Waals surface area contributed by atoms with E-state index in [2.05, 4.69) is 21.2 Å². The van der Waals surface area contributed by atoms with E-state index >= 15 is 0 Å². The van der Waals surface area contributed by atoms with E-state index < -0.39 is 0 Å². The average Bonchev–Trinajstić information content (AvgIpc) is 2.43. The fraction of sp³-hybridized carbons (Fsp3) is 0.429. The smallest absolute Gasteiger partial charge is 0.248 e. The van der Waals surface area contributed by atoms with Gasteiger partial charge in [-0.25, -0.2) is 0 Å². The number of benzene rings is 1. The Kier molecular flexibility index (Phi) is 5.55. The van der Waals surface area contributed by atoms with Gasteiger partial charge in [-0.05, 0) is 17.7 Å². The van der Waals surface area contributed by atoms with Gasteiger partial charge in [0, 0.05) is 24.1 Å². The zero-order valence-electron chi connectivity index (χ0n) is 11.1. The first-order valence-corrected chi connectivity index (χ1v) is 7.31. The minimum Gasteiger partial charge on any atom is -0.370 e. The third-order valence-electron chi connectivity index (χ3n) is 3.07. The van der Waals surface area contributed by atoms with Crippen LogP contribution in [0.4, 0.5) is 0 Å². The Morgan fingerprint density at radius 2 is 2.10 bits per heavy atom. The van der Waals surface area contributed by atoms with Crippen molar-refractivity contribution in [3.8, 4) is 0 Å². The van der Waals surface area contributed by atoms with Gasteiger partial charge in [0.15, 0.2) is 0 Å². The number of carbonyl (C=O) groups is 2. The Hall–Kier alpha value is -1.40. The minimum absolute atomic E-state index is 0.0154. The van der Waals surface area contributed by atoms with Crippen LogP contribution in [0.3, 0.4) is 0 Å². The number of morpholine rings is 1. The van der Waals surface area contributed by atoms with Crippen molar-refractivity contribution in [1.82, 2.24) is 10.2 Å². The summed E-state index contributed by atoms with van der Waals surface area (Å²) in [5, 5.41) is 2.83. The number of hydrogen-bond donors (Lipinski definition) is 1. The van der Waals surface area contributed by atoms with Crippen LogP contribution >= 0.6 is 15.9 Å². The van der Waals surface area contributed by atoms with Crippen LogP contribution in [0.2, 0.25) is 0 Å². The number of hydrogen-bond acceptors (Lipinski definition) is 3. The van der Waals surface area contributed by atoms with Crippen molar-refractivity contribution in [1.29, 1.82) is 0 Å². The summed E-state index contributed by atoms with van der Waals surface area (Å²) in [5.74, 6) is -0.0496. The van der Waals surface area contributed by atoms with Crippen LogP contribution in [0.5, 0.6) is 0 Å². The first kappa shape index (κ1) is 15.0. The lowest BCUT2D eigenvalue weighted by Crippen LogP contribution is -2.45. The predicted octanol–water partition coefficient (Wildman–Crippen LogP) is 0.967. The molecule has 0 bridgehead atoms. The molecule has 20 heavy (non-hydrogen) atoms. The highest BCUT2D eigenvalue weighted by atomic mass is 79.9. The molecule has 1 fully saturated rings. The number of carbonyl (C=O) groups excluding carboxylic acids is 2. The average molecular weight is 341 g/mol. The number of rotatable bonds is 5. The van der Waals surface area contributed by atoms with E-state index in [1.807, 2.05) is 24.3 Å². The summed E-state index contributed by atoms with van der Waals surface area (Å²) in [6.45, 7) is 2.32. The SMILES string of the molecule is O=C(Cc1ccc(Br)cc1)NCCN1CCOCC1=O. The zero-order chi connectivity index (χ0) is 14.4. The molecule has 1 N–H and O–H groups in total. The number of nitrogens with one attached hydrogen (secondary N) is 1. The van der Waals surface area contributed by atoms with Gasteiger partial charge >= 0.3 is 0 Å². The maximum absolute atomic E-state index is 11.8. The highest BCUT2D eigenvalue weighted by Crippen LogP contribution is 2.10. The van der Waals surface area contributed by atoms with Crippen LogP contribution in [0, 0.1) is 0 Å². The second-order valence-corrected chi connectivity index (χ2v) is 5.50. The summed E-state index contributed by atoms with van der Waals surface area (Å²) in [4.78, 5) is 25.0. The molecule has 1 heterocycles. The van der Waals surface area contributed by atoms with Gasteiger partial charge in [-0.15, -0.1) is 0 Å². The van der Waals surface area contributed by atoms with E-state index in [0.29, 0.717) is 32.7 Å². The topological polar surface area (TPSA) is 58.6 Å². The van der Waals surface area contributed by atoms with Crippen molar-refractivity contribution in [3.63, 3.8) is 0 Å². The molecular weight excluding hydrogens is 324 g/mol. The second-order valence-electron chi connectivity index (χ2n) is 4.59. The van der Waals surface area contributed by atoms with E-state index in [0.717, 1.165) is 10.0 Å². The van der Waals surface area contributed by atoms with Gasteiger partial charge in [-0.2, -0.15) is 0 Å². The standard InChI is InChI=1S/C14H17BrN2O3/c15-12-3-1-11(2-4-12)9-13(18)16-5-6-17-7-8-20-10-14(17)19/h1-4H,5-10H2,(H,16,18). The van der Waals surface area contributed by atoms with E-state index in [1.165, 1.54) is 0 Å². The molecule has 0 unspecified atom stereocenters. The molecule has 5 nitrogen and oxygen atoms in total. The third kappa shape index (κ3) is 4.61. The highest BCUT2D eigenvalue weighted by molar-refractivity contribution is 9.10. The number of ether oxygens (including phenoxy) is 1. The molecule has 6 heteroatoms. The zero-order valence-corrected chi connectivity index (χ0v) is 12.7. The van der Waals surface area contributed by atoms with Crippen LogP contribution in [-0.2, 0) is 20.7 Å². The number of nitrogens with zero attached hydrogens (tertiary/aromatic N) is 1. The maximum Gasteiger partial charge on any atom is 0.248 e. The molecule has 108 valence electrons. The number of amides is 2. The van der Waals surface area contributed by atoms with Crippen molar-refractivity contribution >= 4 is 27.7 Å². The molecule has 1 aromatic rings. The fourth-order valence-electron chi connectivity index (χ4n) is 1.97. The van der Waals surface area contributed by atoms with Gasteiger partial charge in [-0.1, -0.05) is 28.1 Å². The van der Waals surface area contributed by atoms with Gasteiger partial charge in [0.25, 0.3) is 0 Å². The minimum atomic E-state index is -0.0342. The molecular formula is C14H17BrN2O3.